The summed E-state index contributed by atoms with van der Waals surface area (Å²) in [6.07, 6.45) is 3.30. The number of halogens is 1. The Morgan fingerprint density at radius 3 is 2.76 bits per heavy atom. The first-order chi connectivity index (χ1) is 15.9. The molecule has 0 atom stereocenters. The Bertz CT molecular complexity index is 1100. The number of hydrogen-bond donors (Lipinski definition) is 2. The van der Waals surface area contributed by atoms with Crippen molar-refractivity contribution in [1.82, 2.24) is 24.8 Å². The predicted molar refractivity (Wildman–Crippen MR) is 124 cm³/mol. The van der Waals surface area contributed by atoms with Crippen molar-refractivity contribution in [3.63, 3.8) is 0 Å². The van der Waals surface area contributed by atoms with Gasteiger partial charge in [-0.15, -0.1) is 0 Å². The van der Waals surface area contributed by atoms with Crippen LogP contribution < -0.4 is 18.9 Å². The Morgan fingerprint density at radius 1 is 1.27 bits per heavy atom. The molecule has 0 aliphatic heterocycles. The van der Waals surface area contributed by atoms with Gasteiger partial charge in [-0.1, -0.05) is 23.3 Å². The molecule has 1 amide bonds. The number of amides is 1. The second-order valence-electron chi connectivity index (χ2n) is 6.64. The highest BCUT2D eigenvalue weighted by Gasteiger charge is 2.31. The number of ether oxygens (including phenoxy) is 2. The summed E-state index contributed by atoms with van der Waals surface area (Å²) in [6.45, 7) is -0.187. The summed E-state index contributed by atoms with van der Waals surface area (Å²) in [6, 6.07) is 9.42. The van der Waals surface area contributed by atoms with Crippen LogP contribution in [0.1, 0.15) is 11.1 Å². The Kier molecular flexibility index (Phi) is 8.12. The van der Waals surface area contributed by atoms with Gasteiger partial charge in [-0.2, -0.15) is 5.10 Å². The van der Waals surface area contributed by atoms with E-state index in [1.807, 2.05) is 0 Å². The number of carbonyl (C=O) groups is 1. The van der Waals surface area contributed by atoms with E-state index in [-0.39, 0.29) is 35.1 Å². The van der Waals surface area contributed by atoms with Gasteiger partial charge >= 0.3 is 6.01 Å². The number of benzene rings is 2. The summed E-state index contributed by atoms with van der Waals surface area (Å²) >= 11 is 1.10. The maximum atomic E-state index is 14.9. The summed E-state index contributed by atoms with van der Waals surface area (Å²) in [5, 5.41) is 5.61. The average molecular weight is 464 g/mol. The van der Waals surface area contributed by atoms with E-state index in [9.17, 15) is 9.18 Å². The van der Waals surface area contributed by atoms with Crippen molar-refractivity contribution in [1.29, 1.82) is 0 Å². The molecule has 13 heteroatoms. The van der Waals surface area contributed by atoms with Crippen LogP contribution in [0.5, 0.6) is 17.5 Å². The maximum absolute atomic E-state index is 14.9. The minimum absolute atomic E-state index is 0.0361. The molecule has 0 unspecified atom stereocenters. The van der Waals surface area contributed by atoms with Gasteiger partial charge in [0, 0.05) is 35.9 Å². The van der Waals surface area contributed by atoms with Crippen molar-refractivity contribution < 1.29 is 18.7 Å². The van der Waals surface area contributed by atoms with E-state index in [2.05, 4.69) is 24.6 Å². The van der Waals surface area contributed by atoms with E-state index in [0.29, 0.717) is 12.2 Å². The topological polar surface area (TPSA) is 102 Å². The summed E-state index contributed by atoms with van der Waals surface area (Å²) in [4.78, 5) is 16.9. The Morgan fingerprint density at radius 2 is 2.09 bits per heavy atom. The molecule has 166 valence electrons. The third-order valence-corrected chi connectivity index (χ3v) is 5.09. The predicted octanol–water partition coefficient (Wildman–Crippen LogP) is 2.11. The second kappa shape index (κ2) is 11.0. The molecule has 9 nitrogen and oxygen atoms in total. The summed E-state index contributed by atoms with van der Waals surface area (Å²) in [5.41, 5.74) is 0.739. The van der Waals surface area contributed by atoms with Gasteiger partial charge in [0.15, 0.2) is 5.82 Å². The van der Waals surface area contributed by atoms with Crippen molar-refractivity contribution >= 4 is 39.9 Å². The molecule has 0 bridgehead atoms. The maximum Gasteiger partial charge on any atom is 0.341 e. The minimum atomic E-state index is -1.83. The lowest BCUT2D eigenvalue weighted by atomic mass is 9.56. The molecule has 3 rings (SSSR count). The number of nitrogens with one attached hydrogen (secondary N) is 2. The van der Waals surface area contributed by atoms with Crippen LogP contribution >= 0.6 is 12.1 Å². The molecule has 33 heavy (non-hydrogen) atoms. The summed E-state index contributed by atoms with van der Waals surface area (Å²) in [7, 11) is 15.8. The van der Waals surface area contributed by atoms with E-state index in [1.165, 1.54) is 25.6 Å². The molecule has 2 N–H and O–H groups in total. The SMILES string of the molecule is [B]C([B])(c1ccc(Oc2nccnn2)cc1OC)N(C=O)Cc1cccc(NSNC)c1F. The zero-order chi connectivity index (χ0) is 23.8. The molecule has 0 fully saturated rings. The highest BCUT2D eigenvalue weighted by molar-refractivity contribution is 7.98. The third-order valence-electron chi connectivity index (χ3n) is 4.56. The van der Waals surface area contributed by atoms with E-state index in [4.69, 9.17) is 25.2 Å². The van der Waals surface area contributed by atoms with Gasteiger partial charge in [-0.25, -0.2) is 14.1 Å². The van der Waals surface area contributed by atoms with Gasteiger partial charge in [0.25, 0.3) is 0 Å². The molecule has 3 aromatic rings. The van der Waals surface area contributed by atoms with E-state index < -0.39 is 11.2 Å². The molecule has 0 spiro atoms. The number of carbonyl (C=O) groups excluding carboxylic acids is 1. The van der Waals surface area contributed by atoms with Crippen LogP contribution in [0.25, 0.3) is 0 Å². The summed E-state index contributed by atoms with van der Waals surface area (Å²) in [5.74, 6) is 0.0496. The van der Waals surface area contributed by atoms with Crippen molar-refractivity contribution in [3.8, 4) is 17.5 Å². The van der Waals surface area contributed by atoms with Crippen LogP contribution in [0, 0.1) is 5.82 Å². The van der Waals surface area contributed by atoms with Gasteiger partial charge in [0.05, 0.1) is 40.9 Å². The normalized spacial score (nSPS) is 11.0. The average Bonchev–Trinajstić information content (AvgIpc) is 2.83. The fourth-order valence-corrected chi connectivity index (χ4v) is 3.30. The molecule has 0 saturated heterocycles. The fourth-order valence-electron chi connectivity index (χ4n) is 2.93. The first kappa shape index (κ1) is 24.3. The lowest BCUT2D eigenvalue weighted by molar-refractivity contribution is -0.120. The molecular weight excluding hydrogens is 445 g/mol. The van der Waals surface area contributed by atoms with Gasteiger partial charge in [-0.3, -0.25) is 4.79 Å². The van der Waals surface area contributed by atoms with Crippen LogP contribution in [0.2, 0.25) is 0 Å². The largest absolute Gasteiger partial charge is 0.496 e. The Hall–Kier alpha value is -3.31. The lowest BCUT2D eigenvalue weighted by Gasteiger charge is -2.38. The number of hydrogen-bond acceptors (Lipinski definition) is 9. The van der Waals surface area contributed by atoms with Crippen molar-refractivity contribution in [2.45, 2.75) is 11.9 Å². The van der Waals surface area contributed by atoms with Crippen molar-refractivity contribution in [3.05, 3.63) is 65.7 Å². The van der Waals surface area contributed by atoms with Gasteiger partial charge in [0.1, 0.15) is 11.5 Å². The Labute approximate surface area is 197 Å². The van der Waals surface area contributed by atoms with Crippen molar-refractivity contribution in [2.75, 3.05) is 18.9 Å². The molecule has 2 aromatic carbocycles. The monoisotopic (exact) mass is 464 g/mol. The Balaban J connectivity index is 1.87. The molecule has 0 saturated carbocycles. The number of aromatic nitrogens is 3. The molecule has 1 aromatic heterocycles. The quantitative estimate of drug-likeness (QED) is 0.251. The third kappa shape index (κ3) is 5.74. The van der Waals surface area contributed by atoms with Gasteiger partial charge in [-0.05, 0) is 24.5 Å². The molecule has 1 heterocycles. The van der Waals surface area contributed by atoms with Crippen LogP contribution in [0.15, 0.2) is 48.8 Å². The van der Waals surface area contributed by atoms with Crippen LogP contribution in [0.3, 0.4) is 0 Å². The molecule has 0 aliphatic rings. The van der Waals surface area contributed by atoms with Gasteiger partial charge in [0.2, 0.25) is 6.41 Å². The first-order valence-electron chi connectivity index (χ1n) is 9.56. The summed E-state index contributed by atoms with van der Waals surface area (Å²) < 4.78 is 31.5. The second-order valence-corrected chi connectivity index (χ2v) is 7.45. The van der Waals surface area contributed by atoms with Gasteiger partial charge < -0.3 is 19.1 Å². The minimum Gasteiger partial charge on any atom is -0.496 e. The van der Waals surface area contributed by atoms with E-state index in [1.54, 1.807) is 37.4 Å². The van der Waals surface area contributed by atoms with Crippen molar-refractivity contribution in [2.24, 2.45) is 0 Å². The van der Waals surface area contributed by atoms with Crippen LogP contribution in [-0.4, -0.2) is 56.3 Å². The van der Waals surface area contributed by atoms with Crippen LogP contribution in [0.4, 0.5) is 10.1 Å². The van der Waals surface area contributed by atoms with E-state index >= 15 is 0 Å². The lowest BCUT2D eigenvalue weighted by Crippen LogP contribution is -2.46. The highest BCUT2D eigenvalue weighted by Crippen LogP contribution is 2.35. The molecule has 4 radical (unpaired) electrons. The van der Waals surface area contributed by atoms with E-state index in [0.717, 1.165) is 17.0 Å². The smallest absolute Gasteiger partial charge is 0.341 e. The number of nitrogens with zero attached hydrogens (tertiary/aromatic N) is 4. The first-order valence-corrected chi connectivity index (χ1v) is 10.4. The fraction of sp³-hybridized carbons (Fsp3) is 0.200. The highest BCUT2D eigenvalue weighted by atomic mass is 32.2. The molecular formula is C20H19B2FN6O3S. The zero-order valence-electron chi connectivity index (χ0n) is 17.9. The number of rotatable bonds is 11. The standard InChI is InChI=1S/C20H19B2FN6O3S/c1-24-33-28-16-5-3-4-13(18(16)23)11-29(12-30)20(21,22)15-7-6-14(10-17(15)31-2)32-19-25-8-9-26-27-19/h3-10,12,24,28H,11H2,1-2H3. The number of anilines is 1. The molecule has 0 aliphatic carbocycles. The van der Waals surface area contributed by atoms with Crippen LogP contribution in [-0.2, 0) is 16.7 Å². The number of methoxy groups -OCH3 is 1. The zero-order valence-corrected chi connectivity index (χ0v) is 18.7.